The molecule has 0 spiro atoms. The Labute approximate surface area is 138 Å². The van der Waals surface area contributed by atoms with Gasteiger partial charge in [0.2, 0.25) is 0 Å². The van der Waals surface area contributed by atoms with Gasteiger partial charge in [-0.15, -0.1) is 0 Å². The Balaban J connectivity index is 2.05. The van der Waals surface area contributed by atoms with Gasteiger partial charge in [-0.25, -0.2) is 0 Å². The van der Waals surface area contributed by atoms with Gasteiger partial charge in [0.05, 0.1) is 18.2 Å². The van der Waals surface area contributed by atoms with Gasteiger partial charge in [-0.1, -0.05) is 24.3 Å². The number of carbonyl (C=O) groups is 1. The summed E-state index contributed by atoms with van der Waals surface area (Å²) in [7, 11) is 0. The number of halogens is 1. The molecule has 0 heterocycles. The van der Waals surface area contributed by atoms with Crippen molar-refractivity contribution in [1.29, 1.82) is 0 Å². The molecule has 110 valence electrons. The molecule has 3 nitrogen and oxygen atoms in total. The molecule has 0 radical (unpaired) electrons. The summed E-state index contributed by atoms with van der Waals surface area (Å²) in [6.07, 6.45) is 0. The summed E-state index contributed by atoms with van der Waals surface area (Å²) in [4.78, 5) is 12.3. The lowest BCUT2D eigenvalue weighted by molar-refractivity contribution is 0.0939. The summed E-state index contributed by atoms with van der Waals surface area (Å²) in [6, 6.07) is 15.3. The second-order valence-electron chi connectivity index (χ2n) is 4.68. The summed E-state index contributed by atoms with van der Waals surface area (Å²) < 4.78 is 6.37. The van der Waals surface area contributed by atoms with Gasteiger partial charge in [0.25, 0.3) is 5.91 Å². The van der Waals surface area contributed by atoms with Crippen molar-refractivity contribution in [1.82, 2.24) is 5.32 Å². The van der Waals surface area contributed by atoms with E-state index in [-0.39, 0.29) is 11.9 Å². The lowest BCUT2D eigenvalue weighted by Gasteiger charge is -2.15. The Morgan fingerprint density at radius 2 is 1.86 bits per heavy atom. The minimum atomic E-state index is -0.0543. The minimum Gasteiger partial charge on any atom is -0.494 e. The molecule has 0 saturated carbocycles. The second-order valence-corrected chi connectivity index (χ2v) is 5.84. The van der Waals surface area contributed by atoms with E-state index in [0.717, 1.165) is 14.9 Å². The van der Waals surface area contributed by atoms with Crippen molar-refractivity contribution in [3.05, 3.63) is 63.2 Å². The monoisotopic (exact) mass is 395 g/mol. The molecule has 0 saturated heterocycles. The van der Waals surface area contributed by atoms with Crippen LogP contribution in [0.25, 0.3) is 0 Å². The number of rotatable bonds is 5. The molecule has 0 aliphatic rings. The van der Waals surface area contributed by atoms with Gasteiger partial charge in [0.1, 0.15) is 5.75 Å². The largest absolute Gasteiger partial charge is 0.494 e. The first-order valence-corrected chi connectivity index (χ1v) is 7.98. The van der Waals surface area contributed by atoms with Crippen molar-refractivity contribution in [2.45, 2.75) is 19.9 Å². The Kier molecular flexibility index (Phi) is 5.61. The van der Waals surface area contributed by atoms with Crippen LogP contribution in [0.1, 0.15) is 35.8 Å². The van der Waals surface area contributed by atoms with Gasteiger partial charge in [-0.3, -0.25) is 4.79 Å². The van der Waals surface area contributed by atoms with Crippen LogP contribution in [-0.4, -0.2) is 12.5 Å². The van der Waals surface area contributed by atoms with Crippen molar-refractivity contribution in [2.24, 2.45) is 0 Å². The number of hydrogen-bond donors (Lipinski definition) is 1. The zero-order valence-corrected chi connectivity index (χ0v) is 14.3. The highest BCUT2D eigenvalue weighted by Gasteiger charge is 2.13. The molecule has 2 aromatic carbocycles. The third-order valence-corrected chi connectivity index (χ3v) is 4.10. The standard InChI is InChI=1S/C17H18INO2/c1-3-21-14-10-8-13(9-11-14)12(2)19-17(20)15-6-4-5-7-16(15)18/h4-12H,3H2,1-2H3,(H,19,20). The number of ether oxygens (including phenoxy) is 1. The molecule has 4 heteroatoms. The zero-order chi connectivity index (χ0) is 15.2. The van der Waals surface area contributed by atoms with Gasteiger partial charge in [0, 0.05) is 3.57 Å². The summed E-state index contributed by atoms with van der Waals surface area (Å²) in [5.41, 5.74) is 1.76. The Bertz CT molecular complexity index is 610. The van der Waals surface area contributed by atoms with Gasteiger partial charge < -0.3 is 10.1 Å². The van der Waals surface area contributed by atoms with Gasteiger partial charge in [-0.05, 0) is 66.3 Å². The normalized spacial score (nSPS) is 11.8. The van der Waals surface area contributed by atoms with Gasteiger partial charge in [-0.2, -0.15) is 0 Å². The molecule has 1 N–H and O–H groups in total. The predicted octanol–water partition coefficient (Wildman–Crippen LogP) is 4.18. The van der Waals surface area contributed by atoms with Gasteiger partial charge in [0.15, 0.2) is 0 Å². The fourth-order valence-corrected chi connectivity index (χ4v) is 2.65. The van der Waals surface area contributed by atoms with Crippen LogP contribution in [0.5, 0.6) is 5.75 Å². The highest BCUT2D eigenvalue weighted by Crippen LogP contribution is 2.19. The molecule has 2 rings (SSSR count). The fourth-order valence-electron chi connectivity index (χ4n) is 2.02. The summed E-state index contributed by atoms with van der Waals surface area (Å²) in [5.74, 6) is 0.791. The van der Waals surface area contributed by atoms with Crippen LogP contribution >= 0.6 is 22.6 Å². The van der Waals surface area contributed by atoms with Crippen molar-refractivity contribution in [3.63, 3.8) is 0 Å². The first kappa shape index (κ1) is 15.8. The molecule has 0 aliphatic heterocycles. The maximum Gasteiger partial charge on any atom is 0.252 e. The first-order valence-electron chi connectivity index (χ1n) is 6.90. The Hall–Kier alpha value is -1.56. The maximum atomic E-state index is 12.3. The van der Waals surface area contributed by atoms with Crippen molar-refractivity contribution < 1.29 is 9.53 Å². The molecule has 0 bridgehead atoms. The van der Waals surface area contributed by atoms with Crippen LogP contribution < -0.4 is 10.1 Å². The number of benzene rings is 2. The third-order valence-electron chi connectivity index (χ3n) is 3.16. The molecule has 1 atom stereocenters. The molecule has 0 aliphatic carbocycles. The van der Waals surface area contributed by atoms with Crippen molar-refractivity contribution >= 4 is 28.5 Å². The Morgan fingerprint density at radius 1 is 1.19 bits per heavy atom. The highest BCUT2D eigenvalue weighted by atomic mass is 127. The molecular weight excluding hydrogens is 377 g/mol. The molecule has 1 unspecified atom stereocenters. The molecule has 1 amide bonds. The number of amides is 1. The molecule has 0 fully saturated rings. The number of hydrogen-bond acceptors (Lipinski definition) is 2. The molecule has 2 aromatic rings. The number of carbonyl (C=O) groups excluding carboxylic acids is 1. The molecular formula is C17H18INO2. The second kappa shape index (κ2) is 7.45. The highest BCUT2D eigenvalue weighted by molar-refractivity contribution is 14.1. The molecule has 0 aromatic heterocycles. The van der Waals surface area contributed by atoms with E-state index in [1.165, 1.54) is 0 Å². The predicted molar refractivity (Wildman–Crippen MR) is 92.7 cm³/mol. The maximum absolute atomic E-state index is 12.3. The van der Waals surface area contributed by atoms with Crippen molar-refractivity contribution in [3.8, 4) is 5.75 Å². The van der Waals surface area contributed by atoms with Crippen molar-refractivity contribution in [2.75, 3.05) is 6.61 Å². The zero-order valence-electron chi connectivity index (χ0n) is 12.1. The summed E-state index contributed by atoms with van der Waals surface area (Å²) in [5, 5.41) is 3.02. The SMILES string of the molecule is CCOc1ccc(C(C)NC(=O)c2ccccc2I)cc1. The lowest BCUT2D eigenvalue weighted by Crippen LogP contribution is -2.27. The van der Waals surface area contributed by atoms with Crippen LogP contribution in [0.15, 0.2) is 48.5 Å². The average molecular weight is 395 g/mol. The average Bonchev–Trinajstić information content (AvgIpc) is 2.48. The van der Waals surface area contributed by atoms with E-state index in [1.54, 1.807) is 0 Å². The van der Waals surface area contributed by atoms with E-state index in [4.69, 9.17) is 4.74 Å². The lowest BCUT2D eigenvalue weighted by atomic mass is 10.1. The number of nitrogens with one attached hydrogen (secondary N) is 1. The Morgan fingerprint density at radius 3 is 2.48 bits per heavy atom. The summed E-state index contributed by atoms with van der Waals surface area (Å²) in [6.45, 7) is 4.58. The van der Waals surface area contributed by atoms with Crippen LogP contribution in [0.4, 0.5) is 0 Å². The smallest absolute Gasteiger partial charge is 0.252 e. The topological polar surface area (TPSA) is 38.3 Å². The van der Waals surface area contributed by atoms with Gasteiger partial charge >= 0.3 is 0 Å². The van der Waals surface area contributed by atoms with E-state index < -0.39 is 0 Å². The van der Waals surface area contributed by atoms with Crippen LogP contribution in [0.3, 0.4) is 0 Å². The minimum absolute atomic E-state index is 0.0517. The van der Waals surface area contributed by atoms with E-state index in [9.17, 15) is 4.79 Å². The quantitative estimate of drug-likeness (QED) is 0.772. The van der Waals surface area contributed by atoms with Crippen LogP contribution in [0, 0.1) is 3.57 Å². The first-order chi connectivity index (χ1) is 10.1. The summed E-state index contributed by atoms with van der Waals surface area (Å²) >= 11 is 2.17. The van der Waals surface area contributed by atoms with E-state index in [2.05, 4.69) is 27.9 Å². The van der Waals surface area contributed by atoms with Crippen LogP contribution in [-0.2, 0) is 0 Å². The third kappa shape index (κ3) is 4.20. The van der Waals surface area contributed by atoms with Crippen LogP contribution in [0.2, 0.25) is 0 Å². The van der Waals surface area contributed by atoms with E-state index >= 15 is 0 Å². The molecule has 21 heavy (non-hydrogen) atoms. The van der Waals surface area contributed by atoms with E-state index in [0.29, 0.717) is 12.2 Å². The fraction of sp³-hybridized carbons (Fsp3) is 0.235. The van der Waals surface area contributed by atoms with E-state index in [1.807, 2.05) is 62.4 Å².